The molecule has 1 unspecified atom stereocenters. The highest BCUT2D eigenvalue weighted by Crippen LogP contribution is 2.17. The minimum absolute atomic E-state index is 0.117. The Balaban J connectivity index is 2.49. The van der Waals surface area contributed by atoms with Crippen LogP contribution in [-0.2, 0) is 11.3 Å². The summed E-state index contributed by atoms with van der Waals surface area (Å²) in [4.78, 5) is 0. The van der Waals surface area contributed by atoms with Crippen LogP contribution in [0, 0.1) is 0 Å². The molecular formula is C12H19F3N2O. The van der Waals surface area contributed by atoms with Gasteiger partial charge in [0.25, 0.3) is 0 Å². The molecule has 6 heteroatoms. The molecule has 3 nitrogen and oxygen atoms in total. The van der Waals surface area contributed by atoms with Gasteiger partial charge in [-0.3, -0.25) is 4.74 Å². The van der Waals surface area contributed by atoms with Gasteiger partial charge in [0, 0.05) is 24.5 Å². The molecule has 0 fully saturated rings. The van der Waals surface area contributed by atoms with E-state index in [2.05, 4.69) is 17.0 Å². The zero-order valence-electron chi connectivity index (χ0n) is 10.6. The number of nitrogens with one attached hydrogen (secondary N) is 1. The van der Waals surface area contributed by atoms with Crippen molar-refractivity contribution in [3.8, 4) is 0 Å². The highest BCUT2D eigenvalue weighted by Gasteiger charge is 2.28. The SMILES string of the molecule is CCCNC(C)c1cccn1CCOC(F)(F)F. The zero-order valence-corrected chi connectivity index (χ0v) is 10.6. The van der Waals surface area contributed by atoms with Crippen molar-refractivity contribution in [3.63, 3.8) is 0 Å². The van der Waals surface area contributed by atoms with Gasteiger partial charge in [0.1, 0.15) is 0 Å². The van der Waals surface area contributed by atoms with Crippen LogP contribution in [0.4, 0.5) is 13.2 Å². The van der Waals surface area contributed by atoms with Crippen molar-refractivity contribution in [3.05, 3.63) is 24.0 Å². The van der Waals surface area contributed by atoms with E-state index in [0.717, 1.165) is 18.7 Å². The molecule has 1 rings (SSSR count). The lowest BCUT2D eigenvalue weighted by molar-refractivity contribution is -0.325. The van der Waals surface area contributed by atoms with Crippen LogP contribution >= 0.6 is 0 Å². The first kappa shape index (κ1) is 15.0. The molecule has 0 saturated carbocycles. The number of hydrogen-bond donors (Lipinski definition) is 1. The van der Waals surface area contributed by atoms with E-state index in [-0.39, 0.29) is 19.2 Å². The van der Waals surface area contributed by atoms with Crippen molar-refractivity contribution in [1.82, 2.24) is 9.88 Å². The lowest BCUT2D eigenvalue weighted by atomic mass is 10.2. The van der Waals surface area contributed by atoms with Gasteiger partial charge in [0.2, 0.25) is 0 Å². The molecule has 1 heterocycles. The smallest absolute Gasteiger partial charge is 0.348 e. The van der Waals surface area contributed by atoms with E-state index in [4.69, 9.17) is 0 Å². The lowest BCUT2D eigenvalue weighted by Crippen LogP contribution is -2.23. The summed E-state index contributed by atoms with van der Waals surface area (Å²) < 4.78 is 41.2. The van der Waals surface area contributed by atoms with E-state index >= 15 is 0 Å². The molecule has 18 heavy (non-hydrogen) atoms. The van der Waals surface area contributed by atoms with Crippen LogP contribution in [0.25, 0.3) is 0 Å². The summed E-state index contributed by atoms with van der Waals surface area (Å²) in [6.45, 7) is 4.76. The Bertz CT molecular complexity index is 349. The second-order valence-electron chi connectivity index (χ2n) is 4.10. The molecule has 0 aliphatic heterocycles. The zero-order chi connectivity index (χ0) is 13.6. The van der Waals surface area contributed by atoms with Crippen molar-refractivity contribution < 1.29 is 17.9 Å². The largest absolute Gasteiger partial charge is 0.522 e. The van der Waals surface area contributed by atoms with Crippen LogP contribution in [-0.4, -0.2) is 24.1 Å². The number of ether oxygens (including phenoxy) is 1. The molecule has 0 spiro atoms. The fraction of sp³-hybridized carbons (Fsp3) is 0.667. The Kier molecular flexibility index (Phi) is 5.68. The van der Waals surface area contributed by atoms with Gasteiger partial charge in [0.15, 0.2) is 0 Å². The highest BCUT2D eigenvalue weighted by molar-refractivity contribution is 5.11. The van der Waals surface area contributed by atoms with E-state index in [1.54, 1.807) is 10.8 Å². The molecule has 0 amide bonds. The van der Waals surface area contributed by atoms with Crippen molar-refractivity contribution in [2.75, 3.05) is 13.2 Å². The average Bonchev–Trinajstić information content (AvgIpc) is 2.72. The Morgan fingerprint density at radius 2 is 2.17 bits per heavy atom. The van der Waals surface area contributed by atoms with Gasteiger partial charge in [-0.05, 0) is 32.0 Å². The standard InChI is InChI=1S/C12H19F3N2O/c1-3-6-16-10(2)11-5-4-7-17(11)8-9-18-12(13,14)15/h4-5,7,10,16H,3,6,8-9H2,1-2H3. The summed E-state index contributed by atoms with van der Waals surface area (Å²) in [5.41, 5.74) is 0.967. The van der Waals surface area contributed by atoms with Crippen LogP contribution < -0.4 is 5.32 Å². The summed E-state index contributed by atoms with van der Waals surface area (Å²) >= 11 is 0. The maximum Gasteiger partial charge on any atom is 0.522 e. The third kappa shape index (κ3) is 5.10. The predicted molar refractivity (Wildman–Crippen MR) is 63.1 cm³/mol. The van der Waals surface area contributed by atoms with Crippen molar-refractivity contribution in [1.29, 1.82) is 0 Å². The summed E-state index contributed by atoms with van der Waals surface area (Å²) in [6.07, 6.45) is -1.78. The number of rotatable bonds is 7. The van der Waals surface area contributed by atoms with Crippen LogP contribution in [0.5, 0.6) is 0 Å². The van der Waals surface area contributed by atoms with E-state index in [1.165, 1.54) is 0 Å². The Morgan fingerprint density at radius 1 is 1.44 bits per heavy atom. The van der Waals surface area contributed by atoms with Gasteiger partial charge in [-0.15, -0.1) is 13.2 Å². The fourth-order valence-corrected chi connectivity index (χ4v) is 1.75. The lowest BCUT2D eigenvalue weighted by Gasteiger charge is -2.17. The number of hydrogen-bond acceptors (Lipinski definition) is 2. The first-order valence-electron chi connectivity index (χ1n) is 6.03. The predicted octanol–water partition coefficient (Wildman–Crippen LogP) is 3.09. The fourth-order valence-electron chi connectivity index (χ4n) is 1.75. The van der Waals surface area contributed by atoms with Gasteiger partial charge in [-0.1, -0.05) is 6.92 Å². The maximum atomic E-state index is 11.9. The van der Waals surface area contributed by atoms with Crippen molar-refractivity contribution >= 4 is 0 Å². The van der Waals surface area contributed by atoms with Crippen LogP contribution in [0.3, 0.4) is 0 Å². The van der Waals surface area contributed by atoms with E-state index in [1.807, 2.05) is 19.1 Å². The molecule has 0 aromatic carbocycles. The Hall–Kier alpha value is -1.01. The second-order valence-corrected chi connectivity index (χ2v) is 4.10. The maximum absolute atomic E-state index is 11.9. The molecule has 1 aromatic rings. The molecular weight excluding hydrogens is 245 g/mol. The molecule has 0 radical (unpaired) electrons. The molecule has 1 N–H and O–H groups in total. The first-order chi connectivity index (χ1) is 8.44. The highest BCUT2D eigenvalue weighted by atomic mass is 19.4. The topological polar surface area (TPSA) is 26.2 Å². The minimum Gasteiger partial charge on any atom is -0.348 e. The monoisotopic (exact) mass is 264 g/mol. The van der Waals surface area contributed by atoms with Crippen LogP contribution in [0.2, 0.25) is 0 Å². The molecule has 0 saturated heterocycles. The summed E-state index contributed by atoms with van der Waals surface area (Å²) in [7, 11) is 0. The van der Waals surface area contributed by atoms with Crippen molar-refractivity contribution in [2.24, 2.45) is 0 Å². The average molecular weight is 264 g/mol. The third-order valence-corrected chi connectivity index (χ3v) is 2.61. The molecule has 0 aliphatic rings. The molecule has 0 aliphatic carbocycles. The quantitative estimate of drug-likeness (QED) is 0.819. The summed E-state index contributed by atoms with van der Waals surface area (Å²) in [5.74, 6) is 0. The van der Waals surface area contributed by atoms with Gasteiger partial charge >= 0.3 is 6.36 Å². The number of aromatic nitrogens is 1. The molecule has 0 bridgehead atoms. The third-order valence-electron chi connectivity index (χ3n) is 2.61. The minimum atomic E-state index is -4.56. The molecule has 104 valence electrons. The van der Waals surface area contributed by atoms with E-state index < -0.39 is 6.36 Å². The van der Waals surface area contributed by atoms with Gasteiger partial charge < -0.3 is 9.88 Å². The number of halogens is 3. The van der Waals surface area contributed by atoms with Crippen LogP contribution in [0.15, 0.2) is 18.3 Å². The van der Waals surface area contributed by atoms with Crippen LogP contribution in [0.1, 0.15) is 32.0 Å². The Morgan fingerprint density at radius 3 is 2.78 bits per heavy atom. The van der Waals surface area contributed by atoms with Crippen molar-refractivity contribution in [2.45, 2.75) is 39.2 Å². The summed E-state index contributed by atoms with van der Waals surface area (Å²) in [6, 6.07) is 3.85. The van der Waals surface area contributed by atoms with E-state index in [0.29, 0.717) is 0 Å². The molecule has 1 aromatic heterocycles. The number of alkyl halides is 3. The number of nitrogens with zero attached hydrogens (tertiary/aromatic N) is 1. The summed E-state index contributed by atoms with van der Waals surface area (Å²) in [5, 5.41) is 3.30. The first-order valence-corrected chi connectivity index (χ1v) is 6.03. The Labute approximate surface area is 105 Å². The second kappa shape index (κ2) is 6.80. The molecule has 1 atom stereocenters. The van der Waals surface area contributed by atoms with Gasteiger partial charge in [-0.2, -0.15) is 0 Å². The van der Waals surface area contributed by atoms with Gasteiger partial charge in [-0.25, -0.2) is 0 Å². The van der Waals surface area contributed by atoms with Gasteiger partial charge in [0.05, 0.1) is 6.61 Å². The normalized spacial score (nSPS) is 13.8. The van der Waals surface area contributed by atoms with E-state index in [9.17, 15) is 13.2 Å².